The van der Waals surface area contributed by atoms with Crippen molar-refractivity contribution < 1.29 is 9.59 Å². The third-order valence-electron chi connectivity index (χ3n) is 3.89. The number of anilines is 1. The standard InChI is InChI=1S/C16H15ClN6O4/c1-21-12-11(13(25)22(2)16(21)27)23(14(17)20-12)8-10(24)19-15(26)18-9-6-4-3-5-7-9/h3-7H,8H2,1-2H3,(H2,18,19,24,26). The fourth-order valence-corrected chi connectivity index (χ4v) is 2.78. The number of carbonyl (C=O) groups excluding carboxylic acids is 2. The number of nitrogens with one attached hydrogen (secondary N) is 2. The second-order valence-electron chi connectivity index (χ2n) is 5.71. The monoisotopic (exact) mass is 390 g/mol. The first-order chi connectivity index (χ1) is 12.8. The van der Waals surface area contributed by atoms with E-state index in [4.69, 9.17) is 11.6 Å². The maximum Gasteiger partial charge on any atom is 0.332 e. The highest BCUT2D eigenvalue weighted by molar-refractivity contribution is 6.29. The molecule has 0 fully saturated rings. The number of fused-ring (bicyclic) bond motifs is 1. The molecule has 3 rings (SSSR count). The SMILES string of the molecule is Cn1c(=O)c2c(nc(Cl)n2CC(=O)NC(=O)Nc2ccccc2)n(C)c1=O. The number of benzene rings is 1. The minimum absolute atomic E-state index is 0.0109. The van der Waals surface area contributed by atoms with Crippen molar-refractivity contribution in [1.29, 1.82) is 0 Å². The van der Waals surface area contributed by atoms with E-state index < -0.39 is 29.7 Å². The van der Waals surface area contributed by atoms with Crippen molar-refractivity contribution in [1.82, 2.24) is 24.0 Å². The molecule has 10 nitrogen and oxygen atoms in total. The number of aromatic nitrogens is 4. The molecule has 0 aliphatic carbocycles. The Balaban J connectivity index is 1.85. The summed E-state index contributed by atoms with van der Waals surface area (Å²) in [6, 6.07) is 7.84. The molecule has 27 heavy (non-hydrogen) atoms. The summed E-state index contributed by atoms with van der Waals surface area (Å²) >= 11 is 6.03. The number of amides is 3. The van der Waals surface area contributed by atoms with Crippen molar-refractivity contribution in [3.8, 4) is 0 Å². The van der Waals surface area contributed by atoms with Crippen LogP contribution in [0, 0.1) is 0 Å². The highest BCUT2D eigenvalue weighted by Crippen LogP contribution is 2.15. The first-order valence-electron chi connectivity index (χ1n) is 7.77. The Hall–Kier alpha value is -3.40. The number of urea groups is 1. The number of para-hydroxylation sites is 1. The number of imide groups is 1. The molecular formula is C16H15ClN6O4. The van der Waals surface area contributed by atoms with Crippen LogP contribution in [0.3, 0.4) is 0 Å². The van der Waals surface area contributed by atoms with Gasteiger partial charge in [0.2, 0.25) is 11.2 Å². The maximum atomic E-state index is 12.4. The third kappa shape index (κ3) is 3.47. The van der Waals surface area contributed by atoms with Crippen molar-refractivity contribution >= 4 is 40.4 Å². The molecule has 0 spiro atoms. The van der Waals surface area contributed by atoms with E-state index in [2.05, 4.69) is 15.6 Å². The summed E-state index contributed by atoms with van der Waals surface area (Å²) in [7, 11) is 2.74. The molecule has 0 saturated heterocycles. The topological polar surface area (TPSA) is 120 Å². The van der Waals surface area contributed by atoms with Gasteiger partial charge in [0.05, 0.1) is 0 Å². The van der Waals surface area contributed by atoms with Gasteiger partial charge in [-0.05, 0) is 23.7 Å². The van der Waals surface area contributed by atoms with Crippen molar-refractivity contribution in [3.05, 3.63) is 56.5 Å². The normalized spacial score (nSPS) is 10.8. The van der Waals surface area contributed by atoms with Gasteiger partial charge in [-0.15, -0.1) is 0 Å². The van der Waals surface area contributed by atoms with E-state index in [1.54, 1.807) is 30.3 Å². The lowest BCUT2D eigenvalue weighted by Gasteiger charge is -2.09. The Labute approximate surface area is 157 Å². The van der Waals surface area contributed by atoms with Crippen LogP contribution in [0.25, 0.3) is 11.2 Å². The molecule has 0 saturated carbocycles. The number of nitrogens with zero attached hydrogens (tertiary/aromatic N) is 4. The highest BCUT2D eigenvalue weighted by Gasteiger charge is 2.20. The zero-order valence-corrected chi connectivity index (χ0v) is 15.1. The van der Waals surface area contributed by atoms with E-state index in [1.807, 2.05) is 0 Å². The quantitative estimate of drug-likeness (QED) is 0.628. The molecule has 2 heterocycles. The number of hydrogen-bond acceptors (Lipinski definition) is 5. The molecule has 2 aromatic heterocycles. The Morgan fingerprint density at radius 2 is 1.78 bits per heavy atom. The molecule has 3 amide bonds. The Kier molecular flexibility index (Phi) is 4.82. The Morgan fingerprint density at radius 1 is 1.11 bits per heavy atom. The van der Waals surface area contributed by atoms with E-state index in [0.29, 0.717) is 5.69 Å². The fraction of sp³-hybridized carbons (Fsp3) is 0.188. The van der Waals surface area contributed by atoms with E-state index in [1.165, 1.54) is 14.1 Å². The molecule has 2 N–H and O–H groups in total. The highest BCUT2D eigenvalue weighted by atomic mass is 35.5. The second-order valence-corrected chi connectivity index (χ2v) is 6.05. The van der Waals surface area contributed by atoms with Crippen LogP contribution in [0.5, 0.6) is 0 Å². The summed E-state index contributed by atoms with van der Waals surface area (Å²) < 4.78 is 3.18. The van der Waals surface area contributed by atoms with Crippen LogP contribution in [0.4, 0.5) is 10.5 Å². The third-order valence-corrected chi connectivity index (χ3v) is 4.18. The Morgan fingerprint density at radius 3 is 2.44 bits per heavy atom. The van der Waals surface area contributed by atoms with Crippen LogP contribution in [-0.2, 0) is 25.4 Å². The molecule has 0 aliphatic rings. The summed E-state index contributed by atoms with van der Waals surface area (Å²) in [6.45, 7) is -0.426. The average molecular weight is 391 g/mol. The summed E-state index contributed by atoms with van der Waals surface area (Å²) in [6.07, 6.45) is 0. The largest absolute Gasteiger partial charge is 0.332 e. The summed E-state index contributed by atoms with van der Waals surface area (Å²) in [5.41, 5.74) is -0.662. The minimum atomic E-state index is -0.730. The zero-order chi connectivity index (χ0) is 19.7. The van der Waals surface area contributed by atoms with Crippen molar-refractivity contribution in [2.24, 2.45) is 14.1 Å². The molecule has 0 atom stereocenters. The van der Waals surface area contributed by atoms with Gasteiger partial charge < -0.3 is 5.32 Å². The van der Waals surface area contributed by atoms with Gasteiger partial charge in [0.25, 0.3) is 5.56 Å². The summed E-state index contributed by atoms with van der Waals surface area (Å²) in [5.74, 6) is -0.708. The Bertz CT molecular complexity index is 1160. The molecule has 11 heteroatoms. The first kappa shape index (κ1) is 18.4. The molecule has 1 aromatic carbocycles. The second kappa shape index (κ2) is 7.08. The van der Waals surface area contributed by atoms with E-state index >= 15 is 0 Å². The number of rotatable bonds is 3. The van der Waals surface area contributed by atoms with Crippen LogP contribution >= 0.6 is 11.6 Å². The van der Waals surface area contributed by atoms with E-state index in [-0.39, 0.29) is 16.4 Å². The van der Waals surface area contributed by atoms with Crippen LogP contribution in [0.1, 0.15) is 0 Å². The van der Waals surface area contributed by atoms with Gasteiger partial charge in [0.1, 0.15) is 6.54 Å². The molecule has 0 bridgehead atoms. The summed E-state index contributed by atoms with van der Waals surface area (Å²) in [5, 5.41) is 4.50. The van der Waals surface area contributed by atoms with Crippen LogP contribution < -0.4 is 21.9 Å². The first-order valence-corrected chi connectivity index (χ1v) is 8.15. The van der Waals surface area contributed by atoms with Gasteiger partial charge in [0.15, 0.2) is 11.2 Å². The van der Waals surface area contributed by atoms with Crippen LogP contribution in [0.2, 0.25) is 5.28 Å². The number of carbonyl (C=O) groups is 2. The molecule has 140 valence electrons. The molecule has 0 unspecified atom stereocenters. The number of imidazole rings is 1. The maximum absolute atomic E-state index is 12.4. The van der Waals surface area contributed by atoms with Gasteiger partial charge >= 0.3 is 11.7 Å². The minimum Gasteiger partial charge on any atom is -0.308 e. The van der Waals surface area contributed by atoms with Crippen LogP contribution in [0.15, 0.2) is 39.9 Å². The van der Waals surface area contributed by atoms with Crippen molar-refractivity contribution in [3.63, 3.8) is 0 Å². The number of hydrogen-bond donors (Lipinski definition) is 2. The van der Waals surface area contributed by atoms with Crippen molar-refractivity contribution in [2.45, 2.75) is 6.54 Å². The molecule has 0 aliphatic heterocycles. The van der Waals surface area contributed by atoms with Gasteiger partial charge in [-0.25, -0.2) is 9.59 Å². The van der Waals surface area contributed by atoms with Crippen LogP contribution in [-0.4, -0.2) is 30.6 Å². The van der Waals surface area contributed by atoms with E-state index in [9.17, 15) is 19.2 Å². The molecule has 3 aromatic rings. The van der Waals surface area contributed by atoms with Crippen molar-refractivity contribution in [2.75, 3.05) is 5.32 Å². The predicted octanol–water partition coefficient (Wildman–Crippen LogP) is 0.435. The lowest BCUT2D eigenvalue weighted by Crippen LogP contribution is -2.39. The molecular weight excluding hydrogens is 376 g/mol. The summed E-state index contributed by atoms with van der Waals surface area (Å²) in [4.78, 5) is 52.4. The smallest absolute Gasteiger partial charge is 0.308 e. The number of aryl methyl sites for hydroxylation is 1. The van der Waals surface area contributed by atoms with Gasteiger partial charge in [-0.3, -0.25) is 28.6 Å². The predicted molar refractivity (Wildman–Crippen MR) is 98.8 cm³/mol. The fourth-order valence-electron chi connectivity index (χ4n) is 2.56. The average Bonchev–Trinajstić information content (AvgIpc) is 2.95. The van der Waals surface area contributed by atoms with Gasteiger partial charge in [-0.2, -0.15) is 4.98 Å². The molecule has 0 radical (unpaired) electrons. The van der Waals surface area contributed by atoms with E-state index in [0.717, 1.165) is 13.7 Å². The lowest BCUT2D eigenvalue weighted by molar-refractivity contribution is -0.120. The van der Waals surface area contributed by atoms with Gasteiger partial charge in [0, 0.05) is 19.8 Å². The van der Waals surface area contributed by atoms with Gasteiger partial charge in [-0.1, -0.05) is 18.2 Å². The zero-order valence-electron chi connectivity index (χ0n) is 14.4. The lowest BCUT2D eigenvalue weighted by atomic mass is 10.3. The number of halogens is 1.